The monoisotopic (exact) mass is 478 g/mol. The van der Waals surface area contributed by atoms with Crippen LogP contribution in [0.4, 0.5) is 0 Å². The summed E-state index contributed by atoms with van der Waals surface area (Å²) >= 11 is 0. The van der Waals surface area contributed by atoms with Gasteiger partial charge in [-0.2, -0.15) is 0 Å². The van der Waals surface area contributed by atoms with Crippen molar-refractivity contribution in [3.8, 4) is 11.6 Å². The van der Waals surface area contributed by atoms with Gasteiger partial charge in [-0.1, -0.05) is 53.7 Å². The second-order valence-electron chi connectivity index (χ2n) is 9.28. The summed E-state index contributed by atoms with van der Waals surface area (Å²) in [4.78, 5) is 18.6. The lowest BCUT2D eigenvalue weighted by molar-refractivity contribution is -0.134. The minimum atomic E-state index is 0.0300. The van der Waals surface area contributed by atoms with E-state index in [-0.39, 0.29) is 11.8 Å². The molecule has 0 bridgehead atoms. The van der Waals surface area contributed by atoms with Crippen LogP contribution in [0.15, 0.2) is 24.4 Å². The lowest BCUT2D eigenvalue weighted by Crippen LogP contribution is -2.32. The molecule has 0 aromatic carbocycles. The number of aromatic nitrogens is 1. The average molecular weight is 479 g/mol. The maximum absolute atomic E-state index is 12.4. The molecule has 2 atom stereocenters. The first-order chi connectivity index (χ1) is 16.2. The van der Waals surface area contributed by atoms with E-state index in [4.69, 9.17) is 14.2 Å². The van der Waals surface area contributed by atoms with E-state index in [1.54, 1.807) is 19.1 Å². The Kier molecular flexibility index (Phi) is 17.2. The van der Waals surface area contributed by atoms with Crippen molar-refractivity contribution < 1.29 is 19.0 Å². The second kappa shape index (κ2) is 18.3. The molecule has 0 aliphatic rings. The Balaban J connectivity index is 0.00000529. The summed E-state index contributed by atoms with van der Waals surface area (Å²) < 4.78 is 16.3. The summed E-state index contributed by atoms with van der Waals surface area (Å²) in [6.07, 6.45) is 9.77. The molecule has 1 rings (SSSR count). The Morgan fingerprint density at radius 2 is 1.68 bits per heavy atom. The molecule has 0 aliphatic carbocycles. The Bertz CT molecular complexity index is 702. The van der Waals surface area contributed by atoms with Crippen molar-refractivity contribution in [3.63, 3.8) is 0 Å². The molecule has 0 spiro atoms. The molecule has 6 heteroatoms. The predicted octanol–water partition coefficient (Wildman–Crippen LogP) is 6.04. The van der Waals surface area contributed by atoms with Gasteiger partial charge in [0.15, 0.2) is 5.75 Å². The van der Waals surface area contributed by atoms with Gasteiger partial charge < -0.3 is 19.1 Å². The number of methoxy groups -OCH3 is 2. The van der Waals surface area contributed by atoms with E-state index < -0.39 is 0 Å². The zero-order valence-corrected chi connectivity index (χ0v) is 23.4. The van der Waals surface area contributed by atoms with Gasteiger partial charge in [0, 0.05) is 46.3 Å². The normalized spacial score (nSPS) is 12.9. The van der Waals surface area contributed by atoms with Crippen molar-refractivity contribution in [1.29, 1.82) is 0 Å². The van der Waals surface area contributed by atoms with Gasteiger partial charge in [-0.25, -0.2) is 4.98 Å². The van der Waals surface area contributed by atoms with Gasteiger partial charge in [0.05, 0.1) is 13.7 Å². The van der Waals surface area contributed by atoms with Gasteiger partial charge in [0.2, 0.25) is 5.91 Å². The highest BCUT2D eigenvalue weighted by atomic mass is 16.5. The molecular formula is C28H50N2O4. The quantitative estimate of drug-likeness (QED) is 0.227. The molecule has 196 valence electrons. The van der Waals surface area contributed by atoms with Crippen LogP contribution in [0, 0.1) is 23.7 Å². The summed E-state index contributed by atoms with van der Waals surface area (Å²) in [5.74, 6) is 2.75. The first-order valence-corrected chi connectivity index (χ1v) is 12.7. The van der Waals surface area contributed by atoms with Gasteiger partial charge >= 0.3 is 0 Å². The van der Waals surface area contributed by atoms with Gasteiger partial charge in [-0.15, -0.1) is 0 Å². The summed E-state index contributed by atoms with van der Waals surface area (Å²) in [6, 6.07) is 2.04. The zero-order chi connectivity index (χ0) is 26.1. The Morgan fingerprint density at radius 3 is 2.21 bits per heavy atom. The van der Waals surface area contributed by atoms with Crippen molar-refractivity contribution in [2.24, 2.45) is 23.7 Å². The Labute approximate surface area is 209 Å². The van der Waals surface area contributed by atoms with Crippen molar-refractivity contribution >= 4 is 5.91 Å². The SMILES string of the molecule is CC.COCCCOc1cc(CC(C/C=C/CC(C(=O)N(C)C)C(C)C)C(C)C)cnc1OC. The van der Waals surface area contributed by atoms with Crippen LogP contribution in [-0.2, 0) is 16.0 Å². The molecule has 2 unspecified atom stereocenters. The predicted molar refractivity (Wildman–Crippen MR) is 142 cm³/mol. The van der Waals surface area contributed by atoms with Crippen molar-refractivity contribution in [2.75, 3.05) is 41.5 Å². The van der Waals surface area contributed by atoms with Crippen LogP contribution in [0.2, 0.25) is 0 Å². The highest BCUT2D eigenvalue weighted by Crippen LogP contribution is 2.29. The van der Waals surface area contributed by atoms with Crippen LogP contribution in [0.25, 0.3) is 0 Å². The third-order valence-corrected chi connectivity index (χ3v) is 5.82. The standard InChI is InChI=1S/C26H44N2O4.C2H6/c1-19(2)22(12-9-10-13-23(20(3)4)26(29)28(5)6)16-21-17-24(25(31-8)27-18-21)32-15-11-14-30-7;1-2/h9-10,17-20,22-23H,11-16H2,1-8H3;1-2H3/b10-9+;. The molecule has 1 amide bonds. The summed E-state index contributed by atoms with van der Waals surface area (Å²) in [5.41, 5.74) is 1.14. The maximum atomic E-state index is 12.4. The van der Waals surface area contributed by atoms with E-state index in [1.165, 1.54) is 0 Å². The van der Waals surface area contributed by atoms with Crippen molar-refractivity contribution in [3.05, 3.63) is 30.0 Å². The lowest BCUT2D eigenvalue weighted by Gasteiger charge is -2.23. The first kappa shape index (κ1) is 31.9. The van der Waals surface area contributed by atoms with Gasteiger partial charge in [0.1, 0.15) is 0 Å². The highest BCUT2D eigenvalue weighted by Gasteiger charge is 2.22. The van der Waals surface area contributed by atoms with Crippen LogP contribution >= 0.6 is 0 Å². The second-order valence-corrected chi connectivity index (χ2v) is 9.28. The van der Waals surface area contributed by atoms with Gasteiger partial charge in [-0.3, -0.25) is 4.79 Å². The van der Waals surface area contributed by atoms with Crippen LogP contribution in [0.5, 0.6) is 11.6 Å². The molecule has 0 N–H and O–H groups in total. The summed E-state index contributed by atoms with van der Waals surface area (Å²) in [5, 5.41) is 0. The first-order valence-electron chi connectivity index (χ1n) is 12.7. The van der Waals surface area contributed by atoms with Crippen LogP contribution in [-0.4, -0.2) is 57.3 Å². The van der Waals surface area contributed by atoms with E-state index in [0.29, 0.717) is 42.6 Å². The number of nitrogens with zero attached hydrogens (tertiary/aromatic N) is 2. The van der Waals surface area contributed by atoms with Crippen LogP contribution in [0.1, 0.15) is 66.4 Å². The highest BCUT2D eigenvalue weighted by molar-refractivity contribution is 5.78. The third-order valence-electron chi connectivity index (χ3n) is 5.82. The fraction of sp³-hybridized carbons (Fsp3) is 0.714. The minimum Gasteiger partial charge on any atom is -0.488 e. The number of allylic oxidation sites excluding steroid dienone is 2. The number of rotatable bonds is 15. The molecule has 0 fully saturated rings. The van der Waals surface area contributed by atoms with E-state index >= 15 is 0 Å². The van der Waals surface area contributed by atoms with E-state index in [0.717, 1.165) is 31.2 Å². The number of pyridine rings is 1. The fourth-order valence-corrected chi connectivity index (χ4v) is 3.62. The largest absolute Gasteiger partial charge is 0.488 e. The molecule has 1 heterocycles. The molecule has 1 aromatic rings. The molecule has 0 saturated heterocycles. The molecule has 1 aromatic heterocycles. The number of ether oxygens (including phenoxy) is 3. The summed E-state index contributed by atoms with van der Waals surface area (Å²) in [6.45, 7) is 14.0. The van der Waals surface area contributed by atoms with Gasteiger partial charge in [-0.05, 0) is 48.6 Å². The number of carbonyl (C=O) groups excluding carboxylic acids is 1. The summed E-state index contributed by atoms with van der Waals surface area (Å²) in [7, 11) is 6.95. The molecule has 34 heavy (non-hydrogen) atoms. The third kappa shape index (κ3) is 11.9. The molecule has 0 aliphatic heterocycles. The average Bonchev–Trinajstić information content (AvgIpc) is 2.81. The van der Waals surface area contributed by atoms with Gasteiger partial charge in [0.25, 0.3) is 5.88 Å². The van der Waals surface area contributed by atoms with Crippen LogP contribution < -0.4 is 9.47 Å². The van der Waals surface area contributed by atoms with Crippen LogP contribution in [0.3, 0.4) is 0 Å². The molecule has 0 radical (unpaired) electrons. The fourth-order valence-electron chi connectivity index (χ4n) is 3.62. The van der Waals surface area contributed by atoms with E-state index in [2.05, 4.69) is 44.8 Å². The smallest absolute Gasteiger partial charge is 0.256 e. The minimum absolute atomic E-state index is 0.0300. The Hall–Kier alpha value is -2.08. The number of amides is 1. The number of carbonyl (C=O) groups is 1. The Morgan fingerprint density at radius 1 is 1.03 bits per heavy atom. The van der Waals surface area contributed by atoms with Crippen molar-refractivity contribution in [1.82, 2.24) is 9.88 Å². The van der Waals surface area contributed by atoms with E-state index in [9.17, 15) is 4.79 Å². The topological polar surface area (TPSA) is 60.9 Å². The molecular weight excluding hydrogens is 428 g/mol. The zero-order valence-electron chi connectivity index (χ0n) is 23.4. The number of hydrogen-bond donors (Lipinski definition) is 0. The molecule has 6 nitrogen and oxygen atoms in total. The van der Waals surface area contributed by atoms with Crippen molar-refractivity contribution in [2.45, 2.75) is 67.2 Å². The van der Waals surface area contributed by atoms with E-state index in [1.807, 2.05) is 40.2 Å². The number of hydrogen-bond acceptors (Lipinski definition) is 5. The lowest BCUT2D eigenvalue weighted by atomic mass is 9.86. The maximum Gasteiger partial charge on any atom is 0.256 e. The molecule has 0 saturated carbocycles.